The molecule has 45 heavy (non-hydrogen) atoms. The molecule has 2 amide bonds. The van der Waals surface area contributed by atoms with E-state index in [1.807, 2.05) is 0 Å². The second-order valence-corrected chi connectivity index (χ2v) is 18.1. The van der Waals surface area contributed by atoms with Crippen molar-refractivity contribution in [2.75, 3.05) is 37.9 Å². The predicted molar refractivity (Wildman–Crippen MR) is 168 cm³/mol. The average Bonchev–Trinajstić information content (AvgIpc) is 3.42. The van der Waals surface area contributed by atoms with Crippen LogP contribution in [0.15, 0.2) is 28.8 Å². The van der Waals surface area contributed by atoms with Crippen LogP contribution in [0.4, 0.5) is 0 Å². The number of thiophene rings is 1. The zero-order chi connectivity index (χ0) is 33.8. The minimum absolute atomic E-state index is 0.0431. The molecule has 0 saturated carbocycles. The predicted octanol–water partition coefficient (Wildman–Crippen LogP) is 3.05. The maximum atomic E-state index is 13.9. The third kappa shape index (κ3) is 10.9. The minimum Gasteiger partial charge on any atom is -0.461 e. The summed E-state index contributed by atoms with van der Waals surface area (Å²) in [4.78, 5) is 65.2. The lowest BCUT2D eigenvalue weighted by molar-refractivity contribution is -0.162. The van der Waals surface area contributed by atoms with Gasteiger partial charge in [0.15, 0.2) is 11.3 Å². The Morgan fingerprint density at radius 3 is 2.29 bits per heavy atom. The standard InChI is InChI=1S/C23H22Cl6N2O11S3/c1-12(32)39-6-13-7-44-20-21(30-15(33)5-14-3-2-4-43-14,9-42-45(37,38)8-16(34)40-10-22(24,25)26)19(36)31(20)17(13)18(35)41-11-23(27,28)29/h2-4,20H,5-11H2,1H3,(H,30,33)/t20-,21?/m1/s1. The molecule has 0 aromatic carbocycles. The Bertz CT molecular complexity index is 1460. The van der Waals surface area contributed by atoms with Crippen LogP contribution >= 0.6 is 92.7 Å². The minimum atomic E-state index is -4.73. The molecule has 2 aliphatic heterocycles. The fourth-order valence-electron chi connectivity index (χ4n) is 3.91. The van der Waals surface area contributed by atoms with Crippen molar-refractivity contribution in [3.05, 3.63) is 33.7 Å². The van der Waals surface area contributed by atoms with Gasteiger partial charge in [-0.15, -0.1) is 23.1 Å². The number of hydrogen-bond donors (Lipinski definition) is 1. The van der Waals surface area contributed by atoms with Crippen LogP contribution in [0, 0.1) is 0 Å². The molecule has 3 heterocycles. The highest BCUT2D eigenvalue weighted by Crippen LogP contribution is 2.47. The van der Waals surface area contributed by atoms with Crippen molar-refractivity contribution in [2.24, 2.45) is 0 Å². The van der Waals surface area contributed by atoms with Crippen LogP contribution in [-0.4, -0.2) is 99.5 Å². The van der Waals surface area contributed by atoms with E-state index in [0.29, 0.717) is 4.88 Å². The largest absolute Gasteiger partial charge is 0.461 e. The number of thioether (sulfide) groups is 1. The van der Waals surface area contributed by atoms with E-state index in [4.69, 9.17) is 83.3 Å². The van der Waals surface area contributed by atoms with Gasteiger partial charge in [0.25, 0.3) is 16.0 Å². The summed E-state index contributed by atoms with van der Waals surface area (Å²) in [5, 5.41) is 3.13. The summed E-state index contributed by atoms with van der Waals surface area (Å²) in [7, 11) is -4.73. The summed E-state index contributed by atoms with van der Waals surface area (Å²) in [5.74, 6) is -6.13. The van der Waals surface area contributed by atoms with E-state index in [1.54, 1.807) is 17.5 Å². The number of fused-ring (bicyclic) bond motifs is 1. The summed E-state index contributed by atoms with van der Waals surface area (Å²) in [6.45, 7) is -1.71. The highest BCUT2D eigenvalue weighted by atomic mass is 35.6. The highest BCUT2D eigenvalue weighted by molar-refractivity contribution is 8.00. The summed E-state index contributed by atoms with van der Waals surface area (Å²) in [5.41, 5.74) is -2.26. The molecule has 0 spiro atoms. The summed E-state index contributed by atoms with van der Waals surface area (Å²) in [6.07, 6.45) is -0.175. The molecule has 1 unspecified atom stereocenters. The number of carbonyl (C=O) groups is 5. The average molecular weight is 811 g/mol. The van der Waals surface area contributed by atoms with Gasteiger partial charge in [-0.25, -0.2) is 4.79 Å². The summed E-state index contributed by atoms with van der Waals surface area (Å²) in [6, 6.07) is 3.38. The van der Waals surface area contributed by atoms with E-state index in [1.165, 1.54) is 11.3 Å². The molecule has 13 nitrogen and oxygen atoms in total. The lowest BCUT2D eigenvalue weighted by Gasteiger charge is -2.56. The van der Waals surface area contributed by atoms with E-state index in [2.05, 4.69) is 10.1 Å². The summed E-state index contributed by atoms with van der Waals surface area (Å²) >= 11 is 35.9. The van der Waals surface area contributed by atoms with Crippen molar-refractivity contribution >= 4 is 133 Å². The van der Waals surface area contributed by atoms with Crippen LogP contribution in [0.3, 0.4) is 0 Å². The van der Waals surface area contributed by atoms with Gasteiger partial charge < -0.3 is 19.5 Å². The molecule has 1 fully saturated rings. The van der Waals surface area contributed by atoms with E-state index in [9.17, 15) is 32.4 Å². The first-order valence-corrected chi connectivity index (χ1v) is 18.0. The quantitative estimate of drug-likeness (QED) is 0.102. The number of rotatable bonds is 13. The SMILES string of the molecule is CC(=O)OCC1=C(C(=O)OCC(Cl)(Cl)Cl)N2C(=O)C(COS(=O)(=O)CC(=O)OCC(Cl)(Cl)Cl)(NC(=O)Cc3cccs3)[C@H]2SC1. The third-order valence-corrected chi connectivity index (χ3v) is 9.73. The fraction of sp³-hybridized carbons (Fsp3) is 0.522. The molecule has 1 aromatic heterocycles. The number of esters is 3. The van der Waals surface area contributed by atoms with E-state index in [-0.39, 0.29) is 23.4 Å². The molecule has 3 rings (SSSR count). The van der Waals surface area contributed by atoms with Gasteiger partial charge in [-0.1, -0.05) is 75.7 Å². The molecule has 0 aliphatic carbocycles. The Hall–Kier alpha value is -1.21. The molecule has 22 heteroatoms. The molecule has 1 N–H and O–H groups in total. The van der Waals surface area contributed by atoms with Gasteiger partial charge in [0, 0.05) is 23.1 Å². The first kappa shape index (κ1) is 38.2. The Morgan fingerprint density at radius 2 is 1.71 bits per heavy atom. The molecule has 1 saturated heterocycles. The number of amides is 2. The van der Waals surface area contributed by atoms with Gasteiger partial charge in [-0.2, -0.15) is 8.42 Å². The van der Waals surface area contributed by atoms with Gasteiger partial charge in [-0.05, 0) is 11.4 Å². The molecule has 2 aliphatic rings. The lowest BCUT2D eigenvalue weighted by atomic mass is 9.86. The van der Waals surface area contributed by atoms with Gasteiger partial charge >= 0.3 is 17.9 Å². The first-order chi connectivity index (χ1) is 20.7. The third-order valence-electron chi connectivity index (χ3n) is 5.69. The Morgan fingerprint density at radius 1 is 1.07 bits per heavy atom. The molecule has 1 aromatic rings. The van der Waals surface area contributed by atoms with Crippen molar-refractivity contribution in [1.29, 1.82) is 0 Å². The number of hydrogen-bond acceptors (Lipinski definition) is 13. The molecule has 0 radical (unpaired) electrons. The monoisotopic (exact) mass is 808 g/mol. The number of nitrogens with zero attached hydrogens (tertiary/aromatic N) is 1. The Kier molecular flexibility index (Phi) is 13.0. The molecule has 250 valence electrons. The zero-order valence-corrected chi connectivity index (χ0v) is 29.7. The second kappa shape index (κ2) is 15.3. The fourth-order valence-corrected chi connectivity index (χ4v) is 7.21. The molecular weight excluding hydrogens is 789 g/mol. The highest BCUT2D eigenvalue weighted by Gasteiger charge is 2.66. The number of alkyl halides is 6. The van der Waals surface area contributed by atoms with Crippen molar-refractivity contribution < 1.29 is 50.8 Å². The van der Waals surface area contributed by atoms with E-state index >= 15 is 0 Å². The number of ether oxygens (including phenoxy) is 3. The van der Waals surface area contributed by atoms with Gasteiger partial charge in [0.05, 0.1) is 6.42 Å². The zero-order valence-electron chi connectivity index (χ0n) is 22.7. The van der Waals surface area contributed by atoms with Crippen molar-refractivity contribution in [2.45, 2.75) is 31.8 Å². The van der Waals surface area contributed by atoms with E-state index in [0.717, 1.165) is 23.6 Å². The van der Waals surface area contributed by atoms with Crippen LogP contribution in [-0.2, 0) is 58.9 Å². The Labute approximate surface area is 295 Å². The first-order valence-electron chi connectivity index (χ1n) is 12.2. The molecular formula is C23H22Cl6N2O11S3. The lowest BCUT2D eigenvalue weighted by Crippen LogP contribution is -2.81. The van der Waals surface area contributed by atoms with Crippen LogP contribution in [0.2, 0.25) is 0 Å². The van der Waals surface area contributed by atoms with Crippen LogP contribution in [0.5, 0.6) is 0 Å². The van der Waals surface area contributed by atoms with Crippen LogP contribution in [0.1, 0.15) is 11.8 Å². The van der Waals surface area contributed by atoms with Gasteiger partial charge in [-0.3, -0.25) is 28.3 Å². The number of β-lactam (4-membered cyclic amide) rings is 1. The summed E-state index contributed by atoms with van der Waals surface area (Å²) < 4.78 is 41.1. The maximum Gasteiger partial charge on any atom is 0.355 e. The van der Waals surface area contributed by atoms with E-state index < -0.39 is 90.5 Å². The van der Waals surface area contributed by atoms with Gasteiger partial charge in [0.1, 0.15) is 37.5 Å². The van der Waals surface area contributed by atoms with Crippen molar-refractivity contribution in [1.82, 2.24) is 10.2 Å². The number of nitrogens with one attached hydrogen (secondary N) is 1. The second-order valence-electron chi connectivity index (χ2n) is 9.28. The number of carbonyl (C=O) groups excluding carboxylic acids is 5. The Balaban J connectivity index is 1.91. The maximum absolute atomic E-state index is 13.9. The van der Waals surface area contributed by atoms with Crippen molar-refractivity contribution in [3.8, 4) is 0 Å². The van der Waals surface area contributed by atoms with Gasteiger partial charge in [0.2, 0.25) is 13.5 Å². The van der Waals surface area contributed by atoms with Crippen molar-refractivity contribution in [3.63, 3.8) is 0 Å². The smallest absolute Gasteiger partial charge is 0.355 e. The van der Waals surface area contributed by atoms with Crippen LogP contribution < -0.4 is 5.32 Å². The van der Waals surface area contributed by atoms with Crippen LogP contribution in [0.25, 0.3) is 0 Å². The number of halogens is 6. The normalized spacial score (nSPS) is 20.2. The molecule has 2 atom stereocenters. The topological polar surface area (TPSA) is 172 Å². The molecule has 0 bridgehead atoms.